The number of fused-ring (bicyclic) bond motifs is 1. The second kappa shape index (κ2) is 12.9. The Hall–Kier alpha value is -5.36. The summed E-state index contributed by atoms with van der Waals surface area (Å²) in [6.45, 7) is 4.46. The summed E-state index contributed by atoms with van der Waals surface area (Å²) in [7, 11) is 1.48. The fourth-order valence-corrected chi connectivity index (χ4v) is 6.26. The quantitative estimate of drug-likeness (QED) is 0.106. The molecule has 0 aliphatic carbocycles. The van der Waals surface area contributed by atoms with Gasteiger partial charge in [-0.3, -0.25) is 14.5 Å². The number of amides is 1. The molecular weight excluding hydrogens is 612 g/mol. The molecular formula is C34H30N2O9S. The van der Waals surface area contributed by atoms with E-state index < -0.39 is 29.5 Å². The molecule has 1 fully saturated rings. The number of thiazole rings is 1. The molecule has 2 aliphatic heterocycles. The van der Waals surface area contributed by atoms with Crippen LogP contribution in [0.1, 0.15) is 45.0 Å². The smallest absolute Gasteiger partial charge is 0.350 e. The second-order valence-electron chi connectivity index (χ2n) is 10.3. The zero-order valence-corrected chi connectivity index (χ0v) is 26.1. The number of hydrogen-bond donors (Lipinski definition) is 1. The molecule has 0 radical (unpaired) electrons. The predicted molar refractivity (Wildman–Crippen MR) is 169 cm³/mol. The van der Waals surface area contributed by atoms with Crippen LogP contribution in [0.25, 0.3) is 5.76 Å². The van der Waals surface area contributed by atoms with E-state index in [2.05, 4.69) is 4.98 Å². The van der Waals surface area contributed by atoms with Crippen molar-refractivity contribution in [3.8, 4) is 23.0 Å². The fraction of sp³-hybridized carbons (Fsp3) is 0.235. The lowest BCUT2D eigenvalue weighted by molar-refractivity contribution is -0.132. The monoisotopic (exact) mass is 642 g/mol. The molecule has 6 rings (SSSR count). The van der Waals surface area contributed by atoms with Crippen molar-refractivity contribution < 1.29 is 43.2 Å². The Labute approximate surface area is 268 Å². The SMILES string of the molecule is CCOC(=O)c1sc(N2C(=O)C(=O)/C(=C(/O)c3ccc4c(c3)OCCO4)C2c2ccc(OCc3ccccc3)c(OC)c2)nc1C. The number of carbonyl (C=O) groups is 3. The molecule has 4 aromatic rings. The molecule has 12 heteroatoms. The molecule has 3 aromatic carbocycles. The summed E-state index contributed by atoms with van der Waals surface area (Å²) in [5.74, 6) is -1.16. The van der Waals surface area contributed by atoms with Gasteiger partial charge in [-0.25, -0.2) is 9.78 Å². The Balaban J connectivity index is 1.46. The van der Waals surface area contributed by atoms with E-state index in [1.165, 1.54) is 12.0 Å². The predicted octanol–water partition coefficient (Wildman–Crippen LogP) is 5.61. The highest BCUT2D eigenvalue weighted by atomic mass is 32.1. The third-order valence-electron chi connectivity index (χ3n) is 7.45. The van der Waals surface area contributed by atoms with Gasteiger partial charge in [-0.2, -0.15) is 0 Å². The number of anilines is 1. The third kappa shape index (κ3) is 5.74. The van der Waals surface area contributed by atoms with Crippen LogP contribution in [0.5, 0.6) is 23.0 Å². The normalized spacial score (nSPS) is 16.8. The molecule has 1 amide bonds. The Morgan fingerprint density at radius 2 is 1.78 bits per heavy atom. The van der Waals surface area contributed by atoms with E-state index in [4.69, 9.17) is 23.7 Å². The summed E-state index contributed by atoms with van der Waals surface area (Å²) in [4.78, 5) is 46.0. The number of benzene rings is 3. The summed E-state index contributed by atoms with van der Waals surface area (Å²) in [6.07, 6.45) is 0. The highest BCUT2D eigenvalue weighted by molar-refractivity contribution is 7.17. The summed E-state index contributed by atoms with van der Waals surface area (Å²) in [5, 5.41) is 11.7. The van der Waals surface area contributed by atoms with Gasteiger partial charge < -0.3 is 28.8 Å². The topological polar surface area (TPSA) is 134 Å². The van der Waals surface area contributed by atoms with Crippen molar-refractivity contribution in [2.45, 2.75) is 26.5 Å². The van der Waals surface area contributed by atoms with Crippen molar-refractivity contribution in [1.29, 1.82) is 0 Å². The Kier molecular flexibility index (Phi) is 8.62. The first-order valence-corrected chi connectivity index (χ1v) is 15.3. The zero-order chi connectivity index (χ0) is 32.4. The summed E-state index contributed by atoms with van der Waals surface area (Å²) >= 11 is 0.927. The van der Waals surface area contributed by atoms with Gasteiger partial charge >= 0.3 is 11.9 Å². The molecule has 3 heterocycles. The number of carbonyl (C=O) groups excluding carboxylic acids is 3. The second-order valence-corrected chi connectivity index (χ2v) is 11.3. The van der Waals surface area contributed by atoms with Crippen molar-refractivity contribution in [2.24, 2.45) is 0 Å². The van der Waals surface area contributed by atoms with Crippen LogP contribution in [0.4, 0.5) is 5.13 Å². The van der Waals surface area contributed by atoms with Gasteiger partial charge in [0.25, 0.3) is 5.78 Å². The van der Waals surface area contributed by atoms with Crippen LogP contribution in [0, 0.1) is 6.92 Å². The van der Waals surface area contributed by atoms with E-state index in [0.29, 0.717) is 47.5 Å². The van der Waals surface area contributed by atoms with Crippen molar-refractivity contribution in [3.63, 3.8) is 0 Å². The lowest BCUT2D eigenvalue weighted by Gasteiger charge is -2.24. The van der Waals surface area contributed by atoms with Gasteiger partial charge in [-0.15, -0.1) is 0 Å². The van der Waals surface area contributed by atoms with Crippen LogP contribution in [-0.4, -0.2) is 54.7 Å². The third-order valence-corrected chi connectivity index (χ3v) is 8.59. The lowest BCUT2D eigenvalue weighted by atomic mass is 9.95. The number of methoxy groups -OCH3 is 1. The van der Waals surface area contributed by atoms with Gasteiger partial charge in [0, 0.05) is 5.56 Å². The fourth-order valence-electron chi connectivity index (χ4n) is 5.27. The molecule has 236 valence electrons. The number of hydrogen-bond acceptors (Lipinski definition) is 11. The average molecular weight is 643 g/mol. The Morgan fingerprint density at radius 1 is 1.02 bits per heavy atom. The number of esters is 1. The zero-order valence-electron chi connectivity index (χ0n) is 25.3. The molecule has 1 N–H and O–H groups in total. The molecule has 2 aliphatic rings. The van der Waals surface area contributed by atoms with E-state index in [9.17, 15) is 19.5 Å². The summed E-state index contributed by atoms with van der Waals surface area (Å²) in [6, 6.07) is 18.3. The highest BCUT2D eigenvalue weighted by Crippen LogP contribution is 2.46. The van der Waals surface area contributed by atoms with Gasteiger partial charge in [0.05, 0.1) is 31.0 Å². The van der Waals surface area contributed by atoms with Crippen LogP contribution in [0.2, 0.25) is 0 Å². The number of ether oxygens (including phenoxy) is 5. The van der Waals surface area contributed by atoms with Crippen molar-refractivity contribution in [3.05, 3.63) is 99.6 Å². The minimum atomic E-state index is -1.13. The average Bonchev–Trinajstić information content (AvgIpc) is 3.59. The summed E-state index contributed by atoms with van der Waals surface area (Å²) in [5.41, 5.74) is 1.82. The van der Waals surface area contributed by atoms with Crippen LogP contribution in [0.3, 0.4) is 0 Å². The lowest BCUT2D eigenvalue weighted by Crippen LogP contribution is -2.29. The molecule has 1 unspecified atom stereocenters. The minimum absolute atomic E-state index is 0.0947. The van der Waals surface area contributed by atoms with Crippen LogP contribution < -0.4 is 23.8 Å². The van der Waals surface area contributed by atoms with E-state index in [1.807, 2.05) is 30.3 Å². The van der Waals surface area contributed by atoms with Gasteiger partial charge in [0.15, 0.2) is 28.1 Å². The van der Waals surface area contributed by atoms with Gasteiger partial charge in [0.2, 0.25) is 0 Å². The van der Waals surface area contributed by atoms with Crippen molar-refractivity contribution in [1.82, 2.24) is 4.98 Å². The van der Waals surface area contributed by atoms with E-state index in [1.54, 1.807) is 50.2 Å². The first kappa shape index (κ1) is 30.7. The first-order valence-electron chi connectivity index (χ1n) is 14.5. The Morgan fingerprint density at radius 3 is 2.52 bits per heavy atom. The maximum Gasteiger partial charge on any atom is 0.350 e. The largest absolute Gasteiger partial charge is 0.507 e. The number of nitrogens with zero attached hydrogens (tertiary/aromatic N) is 2. The van der Waals surface area contributed by atoms with Crippen LogP contribution >= 0.6 is 11.3 Å². The number of ketones is 1. The van der Waals surface area contributed by atoms with Gasteiger partial charge in [-0.1, -0.05) is 47.7 Å². The molecule has 0 spiro atoms. The molecule has 11 nitrogen and oxygen atoms in total. The molecule has 1 aromatic heterocycles. The maximum absolute atomic E-state index is 13.7. The van der Waals surface area contributed by atoms with E-state index in [-0.39, 0.29) is 34.4 Å². The molecule has 1 saturated heterocycles. The van der Waals surface area contributed by atoms with Crippen LogP contribution in [-0.2, 0) is 20.9 Å². The van der Waals surface area contributed by atoms with Crippen molar-refractivity contribution in [2.75, 3.05) is 31.8 Å². The Bertz CT molecular complexity index is 1850. The van der Waals surface area contributed by atoms with Crippen LogP contribution in [0.15, 0.2) is 72.3 Å². The maximum atomic E-state index is 13.7. The van der Waals surface area contributed by atoms with Crippen molar-refractivity contribution >= 4 is 39.9 Å². The number of rotatable bonds is 9. The first-order chi connectivity index (χ1) is 22.3. The number of aromatic nitrogens is 1. The molecule has 0 saturated carbocycles. The number of aryl methyl sites for hydroxylation is 1. The van der Waals surface area contributed by atoms with Gasteiger partial charge in [-0.05, 0) is 55.3 Å². The van der Waals surface area contributed by atoms with Gasteiger partial charge in [0.1, 0.15) is 30.5 Å². The molecule has 1 atom stereocenters. The number of aliphatic hydroxyl groups excluding tert-OH is 1. The van der Waals surface area contributed by atoms with E-state index in [0.717, 1.165) is 16.9 Å². The molecule has 46 heavy (non-hydrogen) atoms. The number of aliphatic hydroxyl groups is 1. The minimum Gasteiger partial charge on any atom is -0.507 e. The summed E-state index contributed by atoms with van der Waals surface area (Å²) < 4.78 is 28.1. The number of Topliss-reactive ketones (excluding diaryl/α,β-unsaturated/α-hetero) is 1. The highest BCUT2D eigenvalue weighted by Gasteiger charge is 2.49. The molecule has 0 bridgehead atoms. The standard InChI is InChI=1S/C34H30N2O9S/c1-4-42-33(40)31-19(2)35-34(46-31)36-28(21-10-12-23(25(16-21)41-3)45-18-20-8-6-5-7-9-20)27(30(38)32(36)39)29(37)22-11-13-24-26(17-22)44-15-14-43-24/h5-13,16-17,28,37H,4,14-15,18H2,1-3H3/b29-27+. The van der Waals surface area contributed by atoms with E-state index >= 15 is 0 Å².